The van der Waals surface area contributed by atoms with E-state index in [1.165, 1.54) is 24.3 Å². The Morgan fingerprint density at radius 2 is 1.38 bits per heavy atom. The van der Waals surface area contributed by atoms with Crippen molar-refractivity contribution in [1.29, 1.82) is 0 Å². The maximum atomic E-state index is 13.2. The van der Waals surface area contributed by atoms with E-state index in [-0.39, 0.29) is 17.7 Å². The first-order valence-electron chi connectivity index (χ1n) is 8.15. The summed E-state index contributed by atoms with van der Waals surface area (Å²) in [5.41, 5.74) is 1.70. The van der Waals surface area contributed by atoms with Crippen molar-refractivity contribution >= 4 is 0 Å². The van der Waals surface area contributed by atoms with Crippen molar-refractivity contribution in [2.45, 2.75) is 6.10 Å². The van der Waals surface area contributed by atoms with Crippen molar-refractivity contribution in [3.8, 4) is 0 Å². The third kappa shape index (κ3) is 4.60. The van der Waals surface area contributed by atoms with Crippen molar-refractivity contribution < 1.29 is 18.3 Å². The van der Waals surface area contributed by atoms with Crippen LogP contribution in [0.5, 0.6) is 0 Å². The van der Waals surface area contributed by atoms with E-state index >= 15 is 0 Å². The van der Waals surface area contributed by atoms with Gasteiger partial charge in [-0.05, 0) is 35.4 Å². The molecule has 128 valence electrons. The number of hydrogen-bond acceptors (Lipinski definition) is 3. The first kappa shape index (κ1) is 17.0. The summed E-state index contributed by atoms with van der Waals surface area (Å²) in [5.74, 6) is -0.574. The summed E-state index contributed by atoms with van der Waals surface area (Å²) in [4.78, 5) is 2.29. The Kier molecular flexibility index (Phi) is 5.91. The van der Waals surface area contributed by atoms with Gasteiger partial charge in [0, 0.05) is 19.6 Å². The molecule has 1 aliphatic heterocycles. The molecule has 0 atom stereocenters. The SMILES string of the molecule is Fc1ccc(C(OCCN2CCOCC2)c2ccc(F)cc2)cc1. The highest BCUT2D eigenvalue weighted by Crippen LogP contribution is 2.26. The zero-order chi connectivity index (χ0) is 16.8. The molecule has 0 N–H and O–H groups in total. The molecular weight excluding hydrogens is 312 g/mol. The molecule has 0 spiro atoms. The maximum absolute atomic E-state index is 13.2. The second-order valence-corrected chi connectivity index (χ2v) is 5.81. The molecule has 2 aromatic carbocycles. The van der Waals surface area contributed by atoms with E-state index in [2.05, 4.69) is 4.90 Å². The van der Waals surface area contributed by atoms with Crippen LogP contribution in [0.25, 0.3) is 0 Å². The molecule has 24 heavy (non-hydrogen) atoms. The minimum absolute atomic E-state index is 0.287. The summed E-state index contributed by atoms with van der Waals surface area (Å²) in [7, 11) is 0. The topological polar surface area (TPSA) is 21.7 Å². The third-order valence-electron chi connectivity index (χ3n) is 4.14. The first-order valence-corrected chi connectivity index (χ1v) is 8.15. The number of hydrogen-bond donors (Lipinski definition) is 0. The monoisotopic (exact) mass is 333 g/mol. The Morgan fingerprint density at radius 3 is 1.88 bits per heavy atom. The van der Waals surface area contributed by atoms with Gasteiger partial charge in [0.2, 0.25) is 0 Å². The van der Waals surface area contributed by atoms with Gasteiger partial charge in [0.05, 0.1) is 19.8 Å². The van der Waals surface area contributed by atoms with E-state index in [9.17, 15) is 8.78 Å². The van der Waals surface area contributed by atoms with Crippen LogP contribution in [0.15, 0.2) is 48.5 Å². The van der Waals surface area contributed by atoms with E-state index in [1.807, 2.05) is 0 Å². The predicted molar refractivity (Wildman–Crippen MR) is 87.9 cm³/mol. The molecule has 0 bridgehead atoms. The number of halogens is 2. The Morgan fingerprint density at radius 1 is 0.875 bits per heavy atom. The van der Waals surface area contributed by atoms with Crippen LogP contribution >= 0.6 is 0 Å². The van der Waals surface area contributed by atoms with Gasteiger partial charge in [-0.2, -0.15) is 0 Å². The number of benzene rings is 2. The standard InChI is InChI=1S/C19H21F2NO2/c20-17-5-1-15(2-6-17)19(16-3-7-18(21)8-4-16)24-14-11-22-9-12-23-13-10-22/h1-8,19H,9-14H2. The van der Waals surface area contributed by atoms with Gasteiger partial charge in [-0.25, -0.2) is 8.78 Å². The van der Waals surface area contributed by atoms with E-state index < -0.39 is 0 Å². The third-order valence-corrected chi connectivity index (χ3v) is 4.14. The lowest BCUT2D eigenvalue weighted by atomic mass is 10.0. The highest BCUT2D eigenvalue weighted by molar-refractivity contribution is 5.30. The largest absolute Gasteiger partial charge is 0.379 e. The molecule has 2 aromatic rings. The van der Waals surface area contributed by atoms with Crippen LogP contribution in [-0.2, 0) is 9.47 Å². The summed E-state index contributed by atoms with van der Waals surface area (Å²) >= 11 is 0. The van der Waals surface area contributed by atoms with Crippen LogP contribution in [0.3, 0.4) is 0 Å². The minimum Gasteiger partial charge on any atom is -0.379 e. The van der Waals surface area contributed by atoms with Crippen LogP contribution in [0.2, 0.25) is 0 Å². The zero-order valence-electron chi connectivity index (χ0n) is 13.5. The second kappa shape index (κ2) is 8.33. The van der Waals surface area contributed by atoms with Crippen LogP contribution < -0.4 is 0 Å². The van der Waals surface area contributed by atoms with Crippen molar-refractivity contribution in [1.82, 2.24) is 4.90 Å². The number of ether oxygens (including phenoxy) is 2. The maximum Gasteiger partial charge on any atom is 0.123 e. The molecule has 1 fully saturated rings. The fraction of sp³-hybridized carbons (Fsp3) is 0.368. The number of rotatable bonds is 6. The molecule has 3 rings (SSSR count). The Labute approximate surface area is 140 Å². The van der Waals surface area contributed by atoms with Crippen LogP contribution in [0.4, 0.5) is 8.78 Å². The van der Waals surface area contributed by atoms with Crippen molar-refractivity contribution in [3.05, 3.63) is 71.3 Å². The minimum atomic E-state index is -0.341. The van der Waals surface area contributed by atoms with Crippen LogP contribution in [0.1, 0.15) is 17.2 Å². The molecule has 0 unspecified atom stereocenters. The molecule has 0 radical (unpaired) electrons. The lowest BCUT2D eigenvalue weighted by Crippen LogP contribution is -2.38. The molecule has 0 amide bonds. The second-order valence-electron chi connectivity index (χ2n) is 5.81. The van der Waals surface area contributed by atoms with Gasteiger partial charge < -0.3 is 9.47 Å². The highest BCUT2D eigenvalue weighted by Gasteiger charge is 2.17. The van der Waals surface area contributed by atoms with Crippen LogP contribution in [0, 0.1) is 11.6 Å². The molecule has 0 aromatic heterocycles. The fourth-order valence-electron chi connectivity index (χ4n) is 2.78. The molecule has 1 saturated heterocycles. The van der Waals surface area contributed by atoms with E-state index in [4.69, 9.17) is 9.47 Å². The molecule has 0 aliphatic carbocycles. The lowest BCUT2D eigenvalue weighted by molar-refractivity contribution is 0.00966. The van der Waals surface area contributed by atoms with Gasteiger partial charge in [0.1, 0.15) is 17.7 Å². The molecule has 5 heteroatoms. The van der Waals surface area contributed by atoms with Gasteiger partial charge in [0.25, 0.3) is 0 Å². The quantitative estimate of drug-likeness (QED) is 0.809. The number of morpholine rings is 1. The normalized spacial score (nSPS) is 15.8. The summed E-state index contributed by atoms with van der Waals surface area (Å²) in [6, 6.07) is 12.5. The van der Waals surface area contributed by atoms with Crippen molar-refractivity contribution in [3.63, 3.8) is 0 Å². The summed E-state index contributed by atoms with van der Waals surface area (Å²) in [6.07, 6.45) is -0.341. The average molecular weight is 333 g/mol. The van der Waals surface area contributed by atoms with E-state index in [0.717, 1.165) is 44.0 Å². The molecule has 0 saturated carbocycles. The Bertz CT molecular complexity index is 579. The van der Waals surface area contributed by atoms with E-state index in [1.54, 1.807) is 24.3 Å². The fourth-order valence-corrected chi connectivity index (χ4v) is 2.78. The molecule has 1 heterocycles. The predicted octanol–water partition coefficient (Wildman–Crippen LogP) is 3.40. The molecular formula is C19H21F2NO2. The van der Waals surface area contributed by atoms with Gasteiger partial charge in [0.15, 0.2) is 0 Å². The Balaban J connectivity index is 1.69. The van der Waals surface area contributed by atoms with E-state index in [0.29, 0.717) is 6.61 Å². The summed E-state index contributed by atoms with van der Waals surface area (Å²) < 4.78 is 37.8. The molecule has 1 aliphatic rings. The van der Waals surface area contributed by atoms with Crippen LogP contribution in [-0.4, -0.2) is 44.4 Å². The highest BCUT2D eigenvalue weighted by atomic mass is 19.1. The molecule has 3 nitrogen and oxygen atoms in total. The zero-order valence-corrected chi connectivity index (χ0v) is 13.5. The van der Waals surface area contributed by atoms with Gasteiger partial charge in [-0.1, -0.05) is 24.3 Å². The lowest BCUT2D eigenvalue weighted by Gasteiger charge is -2.27. The Hall–Kier alpha value is -1.82. The van der Waals surface area contributed by atoms with Gasteiger partial charge in [-0.15, -0.1) is 0 Å². The smallest absolute Gasteiger partial charge is 0.123 e. The van der Waals surface area contributed by atoms with Gasteiger partial charge >= 0.3 is 0 Å². The first-order chi connectivity index (χ1) is 11.7. The average Bonchev–Trinajstić information content (AvgIpc) is 2.62. The van der Waals surface area contributed by atoms with Crippen molar-refractivity contribution in [2.24, 2.45) is 0 Å². The summed E-state index contributed by atoms with van der Waals surface area (Å²) in [6.45, 7) is 4.66. The van der Waals surface area contributed by atoms with Gasteiger partial charge in [-0.3, -0.25) is 4.90 Å². The summed E-state index contributed by atoms with van der Waals surface area (Å²) in [5, 5.41) is 0. The number of nitrogens with zero attached hydrogens (tertiary/aromatic N) is 1. The van der Waals surface area contributed by atoms with Crippen molar-refractivity contribution in [2.75, 3.05) is 39.5 Å².